The Labute approximate surface area is 164 Å². The van der Waals surface area contributed by atoms with Crippen molar-refractivity contribution < 1.29 is 18.7 Å². The molecule has 28 heavy (non-hydrogen) atoms. The lowest BCUT2D eigenvalue weighted by Crippen LogP contribution is -2.35. The van der Waals surface area contributed by atoms with E-state index in [1.54, 1.807) is 6.92 Å². The number of rotatable bonds is 4. The van der Waals surface area contributed by atoms with Crippen molar-refractivity contribution >= 4 is 17.4 Å². The molecule has 2 aromatic rings. The Morgan fingerprint density at radius 1 is 1.18 bits per heavy atom. The fourth-order valence-corrected chi connectivity index (χ4v) is 3.99. The maximum absolute atomic E-state index is 12.8. The lowest BCUT2D eigenvalue weighted by molar-refractivity contribution is 0.0955. The van der Waals surface area contributed by atoms with Gasteiger partial charge in [0.2, 0.25) is 0 Å². The smallest absolute Gasteiger partial charge is 0.259 e. The first-order valence-electron chi connectivity index (χ1n) is 9.93. The number of fused-ring (bicyclic) bond motifs is 1. The first-order chi connectivity index (χ1) is 13.5. The number of carbonyl (C=O) groups excluding carboxylic acids is 2. The summed E-state index contributed by atoms with van der Waals surface area (Å²) in [6, 6.07) is 7.39. The largest absolute Gasteiger partial charge is 0.490 e. The number of carbonyl (C=O) groups is 2. The highest BCUT2D eigenvalue weighted by Crippen LogP contribution is 2.30. The van der Waals surface area contributed by atoms with E-state index in [-0.39, 0.29) is 17.8 Å². The highest BCUT2D eigenvalue weighted by molar-refractivity contribution is 6.14. The molecule has 1 N–H and O–H groups in total. The second-order valence-corrected chi connectivity index (χ2v) is 7.71. The second-order valence-electron chi connectivity index (χ2n) is 7.71. The number of likely N-dealkylation sites (tertiary alicyclic amines) is 1. The van der Waals surface area contributed by atoms with Crippen molar-refractivity contribution in [2.45, 2.75) is 45.1 Å². The standard InChI is InChI=1S/C22H26N2O4/c1-14-20(21-18(25)4-3-5-19(21)27-14)22(26)23-15-6-8-16(9-7-15)28-17-10-12-24(2)13-11-17/h6-9,17H,3-5,10-13H2,1-2H3,(H,23,26). The van der Waals surface area contributed by atoms with Crippen LogP contribution in [0.25, 0.3) is 0 Å². The fraction of sp³-hybridized carbons (Fsp3) is 0.455. The molecule has 0 unspecified atom stereocenters. The third kappa shape index (κ3) is 3.83. The summed E-state index contributed by atoms with van der Waals surface area (Å²) >= 11 is 0. The van der Waals surface area contributed by atoms with Gasteiger partial charge in [-0.3, -0.25) is 9.59 Å². The molecule has 148 valence electrons. The van der Waals surface area contributed by atoms with E-state index >= 15 is 0 Å². The molecular weight excluding hydrogens is 356 g/mol. The Balaban J connectivity index is 1.43. The number of aryl methyl sites for hydroxylation is 2. The van der Waals surface area contributed by atoms with E-state index in [2.05, 4.69) is 17.3 Å². The summed E-state index contributed by atoms with van der Waals surface area (Å²) in [5.41, 5.74) is 1.49. The van der Waals surface area contributed by atoms with Crippen LogP contribution < -0.4 is 10.1 Å². The molecule has 1 amide bonds. The van der Waals surface area contributed by atoms with Gasteiger partial charge in [0.15, 0.2) is 5.78 Å². The van der Waals surface area contributed by atoms with Gasteiger partial charge in [-0.2, -0.15) is 0 Å². The van der Waals surface area contributed by atoms with Gasteiger partial charge in [0.1, 0.15) is 23.4 Å². The number of nitrogens with zero attached hydrogens (tertiary/aromatic N) is 1. The SMILES string of the molecule is Cc1oc2c(c1C(=O)Nc1ccc(OC3CCN(C)CC3)cc1)C(=O)CCC2. The molecule has 0 bridgehead atoms. The molecule has 6 nitrogen and oxygen atoms in total. The third-order valence-electron chi connectivity index (χ3n) is 5.55. The van der Waals surface area contributed by atoms with Crippen molar-refractivity contribution in [1.29, 1.82) is 0 Å². The number of furan rings is 1. The molecule has 1 aromatic heterocycles. The molecule has 1 aliphatic carbocycles. The molecule has 2 heterocycles. The van der Waals surface area contributed by atoms with E-state index in [9.17, 15) is 9.59 Å². The summed E-state index contributed by atoms with van der Waals surface area (Å²) in [6.45, 7) is 3.83. The van der Waals surface area contributed by atoms with Crippen LogP contribution in [0.2, 0.25) is 0 Å². The van der Waals surface area contributed by atoms with Crippen molar-refractivity contribution in [3.63, 3.8) is 0 Å². The number of nitrogens with one attached hydrogen (secondary N) is 1. The number of ketones is 1. The monoisotopic (exact) mass is 382 g/mol. The molecule has 1 fully saturated rings. The normalized spacial score (nSPS) is 18.0. The first kappa shape index (κ1) is 18.7. The molecule has 0 atom stereocenters. The van der Waals surface area contributed by atoms with Crippen LogP contribution >= 0.6 is 0 Å². The van der Waals surface area contributed by atoms with Gasteiger partial charge in [-0.05, 0) is 57.5 Å². The number of ether oxygens (including phenoxy) is 1. The minimum atomic E-state index is -0.304. The number of hydrogen-bond donors (Lipinski definition) is 1. The molecule has 6 heteroatoms. The number of anilines is 1. The van der Waals surface area contributed by atoms with Gasteiger partial charge in [-0.1, -0.05) is 0 Å². The quantitative estimate of drug-likeness (QED) is 0.870. The van der Waals surface area contributed by atoms with E-state index in [1.165, 1.54) is 0 Å². The lowest BCUT2D eigenvalue weighted by atomic mass is 9.93. The van der Waals surface area contributed by atoms with Gasteiger partial charge >= 0.3 is 0 Å². The van der Waals surface area contributed by atoms with Crippen LogP contribution in [0, 0.1) is 6.92 Å². The van der Waals surface area contributed by atoms with Crippen LogP contribution in [0.15, 0.2) is 28.7 Å². The van der Waals surface area contributed by atoms with Crippen LogP contribution in [-0.2, 0) is 6.42 Å². The van der Waals surface area contributed by atoms with Gasteiger partial charge in [0, 0.05) is 31.6 Å². The molecule has 0 spiro atoms. The minimum Gasteiger partial charge on any atom is -0.490 e. The number of benzene rings is 1. The Kier molecular flexibility index (Phi) is 5.22. The second kappa shape index (κ2) is 7.80. The third-order valence-corrected chi connectivity index (χ3v) is 5.55. The predicted octanol–water partition coefficient (Wildman–Crippen LogP) is 3.83. The van der Waals surface area contributed by atoms with Crippen LogP contribution in [0.4, 0.5) is 5.69 Å². The van der Waals surface area contributed by atoms with Gasteiger partial charge in [0.05, 0.1) is 11.1 Å². The Hall–Kier alpha value is -2.60. The summed E-state index contributed by atoms with van der Waals surface area (Å²) in [5.74, 6) is 1.63. The van der Waals surface area contributed by atoms with E-state index in [0.29, 0.717) is 41.2 Å². The summed E-state index contributed by atoms with van der Waals surface area (Å²) in [6.07, 6.45) is 4.23. The average Bonchev–Trinajstić information content (AvgIpc) is 3.02. The molecular formula is C22H26N2O4. The van der Waals surface area contributed by atoms with Crippen LogP contribution in [-0.4, -0.2) is 42.8 Å². The molecule has 1 aliphatic heterocycles. The number of hydrogen-bond acceptors (Lipinski definition) is 5. The number of Topliss-reactive ketones (excluding diaryl/α,β-unsaturated/α-hetero) is 1. The zero-order valence-corrected chi connectivity index (χ0v) is 16.4. The summed E-state index contributed by atoms with van der Waals surface area (Å²) in [7, 11) is 2.13. The minimum absolute atomic E-state index is 0.00914. The zero-order chi connectivity index (χ0) is 19.7. The maximum atomic E-state index is 12.8. The van der Waals surface area contributed by atoms with E-state index in [4.69, 9.17) is 9.15 Å². The molecule has 0 radical (unpaired) electrons. The van der Waals surface area contributed by atoms with Crippen molar-refractivity contribution in [3.8, 4) is 5.75 Å². The topological polar surface area (TPSA) is 71.8 Å². The Morgan fingerprint density at radius 3 is 2.61 bits per heavy atom. The van der Waals surface area contributed by atoms with E-state index in [0.717, 1.165) is 38.1 Å². The van der Waals surface area contributed by atoms with Crippen molar-refractivity contribution in [2.24, 2.45) is 0 Å². The maximum Gasteiger partial charge on any atom is 0.259 e. The molecule has 2 aliphatic rings. The van der Waals surface area contributed by atoms with Gasteiger partial charge in [-0.15, -0.1) is 0 Å². The van der Waals surface area contributed by atoms with Gasteiger partial charge in [0.25, 0.3) is 5.91 Å². The average molecular weight is 382 g/mol. The van der Waals surface area contributed by atoms with Crippen molar-refractivity contribution in [2.75, 3.05) is 25.5 Å². The van der Waals surface area contributed by atoms with Crippen LogP contribution in [0.1, 0.15) is 57.9 Å². The summed E-state index contributed by atoms with van der Waals surface area (Å²) < 4.78 is 11.7. The summed E-state index contributed by atoms with van der Waals surface area (Å²) in [5, 5.41) is 2.88. The van der Waals surface area contributed by atoms with E-state index in [1.807, 2.05) is 24.3 Å². The number of piperidine rings is 1. The summed E-state index contributed by atoms with van der Waals surface area (Å²) in [4.78, 5) is 27.4. The lowest BCUT2D eigenvalue weighted by Gasteiger charge is -2.29. The van der Waals surface area contributed by atoms with Gasteiger partial charge in [-0.25, -0.2) is 0 Å². The van der Waals surface area contributed by atoms with Gasteiger partial charge < -0.3 is 19.4 Å². The number of amides is 1. The highest BCUT2D eigenvalue weighted by Gasteiger charge is 2.30. The highest BCUT2D eigenvalue weighted by atomic mass is 16.5. The zero-order valence-electron chi connectivity index (χ0n) is 16.4. The van der Waals surface area contributed by atoms with Crippen LogP contribution in [0.5, 0.6) is 5.75 Å². The van der Waals surface area contributed by atoms with Crippen LogP contribution in [0.3, 0.4) is 0 Å². The first-order valence-corrected chi connectivity index (χ1v) is 9.93. The fourth-order valence-electron chi connectivity index (χ4n) is 3.99. The molecule has 4 rings (SSSR count). The molecule has 1 saturated heterocycles. The molecule has 0 saturated carbocycles. The predicted molar refractivity (Wildman–Crippen MR) is 106 cm³/mol. The Morgan fingerprint density at radius 2 is 1.89 bits per heavy atom. The molecule has 1 aromatic carbocycles. The van der Waals surface area contributed by atoms with Crippen molar-refractivity contribution in [3.05, 3.63) is 46.9 Å². The Bertz CT molecular complexity index is 877. The van der Waals surface area contributed by atoms with E-state index < -0.39 is 0 Å². The van der Waals surface area contributed by atoms with Crippen molar-refractivity contribution in [1.82, 2.24) is 4.90 Å².